The maximum Gasteiger partial charge on any atom is 0.322 e. The summed E-state index contributed by atoms with van der Waals surface area (Å²) in [6, 6.07) is 0. The smallest absolute Gasteiger partial charge is 0.322 e. The molecule has 0 heterocycles. The highest BCUT2D eigenvalue weighted by Gasteiger charge is 2.07. The van der Waals surface area contributed by atoms with Crippen molar-refractivity contribution >= 4 is 17.7 Å². The molecule has 0 aromatic carbocycles. The Bertz CT molecular complexity index is 329. The lowest BCUT2D eigenvalue weighted by Crippen LogP contribution is -2.29. The fourth-order valence-corrected chi connectivity index (χ4v) is 2.27. The predicted molar refractivity (Wildman–Crippen MR) is 86.7 cm³/mol. The summed E-state index contributed by atoms with van der Waals surface area (Å²) < 4.78 is 0. The average molecular weight is 313 g/mol. The Morgan fingerprint density at radius 3 is 1.86 bits per heavy atom. The van der Waals surface area contributed by atoms with Gasteiger partial charge in [0.15, 0.2) is 0 Å². The summed E-state index contributed by atoms with van der Waals surface area (Å²) in [6.45, 7) is 1.83. The van der Waals surface area contributed by atoms with Gasteiger partial charge in [-0.05, 0) is 6.42 Å². The largest absolute Gasteiger partial charge is 0.480 e. The van der Waals surface area contributed by atoms with E-state index in [0.717, 1.165) is 12.8 Å². The molecule has 0 fully saturated rings. The normalized spacial score (nSPS) is 10.4. The lowest BCUT2D eigenvalue weighted by atomic mass is 10.0. The van der Waals surface area contributed by atoms with E-state index in [2.05, 4.69) is 12.2 Å². The Labute approximate surface area is 133 Å². The zero-order chi connectivity index (χ0) is 16.6. The van der Waals surface area contributed by atoms with Gasteiger partial charge in [0.2, 0.25) is 5.91 Å². The molecule has 22 heavy (non-hydrogen) atoms. The monoisotopic (exact) mass is 313 g/mol. The maximum atomic E-state index is 11.6. The minimum Gasteiger partial charge on any atom is -0.480 e. The van der Waals surface area contributed by atoms with Crippen LogP contribution in [0.3, 0.4) is 0 Å². The van der Waals surface area contributed by atoms with Crippen LogP contribution >= 0.6 is 0 Å². The highest BCUT2D eigenvalue weighted by atomic mass is 16.4. The van der Waals surface area contributed by atoms with E-state index in [9.17, 15) is 14.4 Å². The number of ketones is 1. The number of Topliss-reactive ketones (excluding diaryl/α,β-unsaturated/α-hetero) is 1. The number of amides is 1. The molecule has 128 valence electrons. The van der Waals surface area contributed by atoms with Gasteiger partial charge in [0, 0.05) is 19.3 Å². The SMILES string of the molecule is CCCCCCCCCCCC(=O)CCC(=O)NCC(=O)O. The van der Waals surface area contributed by atoms with Crippen LogP contribution in [0, 0.1) is 0 Å². The highest BCUT2D eigenvalue weighted by Crippen LogP contribution is 2.11. The number of unbranched alkanes of at least 4 members (excludes halogenated alkanes) is 8. The second-order valence-corrected chi connectivity index (χ2v) is 5.79. The zero-order valence-electron chi connectivity index (χ0n) is 13.9. The molecule has 0 aromatic rings. The molecule has 0 aromatic heterocycles. The first-order valence-corrected chi connectivity index (χ1v) is 8.56. The molecule has 0 unspecified atom stereocenters. The van der Waals surface area contributed by atoms with Crippen LogP contribution in [0.2, 0.25) is 0 Å². The van der Waals surface area contributed by atoms with Gasteiger partial charge < -0.3 is 10.4 Å². The molecule has 0 spiro atoms. The number of carboxylic acids is 1. The van der Waals surface area contributed by atoms with Crippen LogP contribution in [-0.4, -0.2) is 29.3 Å². The van der Waals surface area contributed by atoms with Crippen molar-refractivity contribution in [3.63, 3.8) is 0 Å². The standard InChI is InChI=1S/C17H31NO4/c1-2-3-4-5-6-7-8-9-10-11-15(19)12-13-16(20)18-14-17(21)22/h2-14H2,1H3,(H,18,20)(H,21,22). The molecule has 0 saturated carbocycles. The van der Waals surface area contributed by atoms with Crippen LogP contribution in [0.1, 0.15) is 84.0 Å². The van der Waals surface area contributed by atoms with Crippen LogP contribution in [0.5, 0.6) is 0 Å². The predicted octanol–water partition coefficient (Wildman–Crippen LogP) is 3.46. The molecule has 0 saturated heterocycles. The Balaban J connectivity index is 3.35. The van der Waals surface area contributed by atoms with E-state index in [0.29, 0.717) is 6.42 Å². The summed E-state index contributed by atoms with van der Waals surface area (Å²) in [5, 5.41) is 10.7. The second-order valence-electron chi connectivity index (χ2n) is 5.79. The molecule has 0 aliphatic carbocycles. The molecule has 5 nitrogen and oxygen atoms in total. The first kappa shape index (κ1) is 20.6. The van der Waals surface area contributed by atoms with E-state index in [-0.39, 0.29) is 31.1 Å². The van der Waals surface area contributed by atoms with Crippen molar-refractivity contribution in [3.8, 4) is 0 Å². The Morgan fingerprint density at radius 2 is 1.32 bits per heavy atom. The van der Waals surface area contributed by atoms with E-state index < -0.39 is 5.97 Å². The molecule has 0 radical (unpaired) electrons. The molecule has 0 bridgehead atoms. The summed E-state index contributed by atoms with van der Waals surface area (Å²) in [5.74, 6) is -1.36. The van der Waals surface area contributed by atoms with Crippen LogP contribution in [0.25, 0.3) is 0 Å². The van der Waals surface area contributed by atoms with Crippen molar-refractivity contribution in [2.45, 2.75) is 84.0 Å². The number of hydrogen-bond acceptors (Lipinski definition) is 3. The third-order valence-electron chi connectivity index (χ3n) is 3.63. The molecular weight excluding hydrogens is 282 g/mol. The van der Waals surface area contributed by atoms with E-state index >= 15 is 0 Å². The van der Waals surface area contributed by atoms with Crippen molar-refractivity contribution in [1.29, 1.82) is 0 Å². The number of carbonyl (C=O) groups is 3. The van der Waals surface area contributed by atoms with Crippen molar-refractivity contribution in [3.05, 3.63) is 0 Å². The van der Waals surface area contributed by atoms with Crippen LogP contribution < -0.4 is 5.32 Å². The van der Waals surface area contributed by atoms with E-state index in [1.165, 1.54) is 44.9 Å². The van der Waals surface area contributed by atoms with Crippen molar-refractivity contribution in [2.75, 3.05) is 6.54 Å². The lowest BCUT2D eigenvalue weighted by molar-refractivity contribution is -0.138. The molecule has 5 heteroatoms. The summed E-state index contributed by atoms with van der Waals surface area (Å²) >= 11 is 0. The van der Waals surface area contributed by atoms with Crippen molar-refractivity contribution < 1.29 is 19.5 Å². The molecule has 0 atom stereocenters. The average Bonchev–Trinajstić information content (AvgIpc) is 2.49. The van der Waals surface area contributed by atoms with Gasteiger partial charge in [-0.1, -0.05) is 58.3 Å². The van der Waals surface area contributed by atoms with Gasteiger partial charge in [0.05, 0.1) is 0 Å². The Kier molecular flexibility index (Phi) is 13.6. The quantitative estimate of drug-likeness (QED) is 0.453. The van der Waals surface area contributed by atoms with Gasteiger partial charge >= 0.3 is 5.97 Å². The third kappa shape index (κ3) is 15.0. The van der Waals surface area contributed by atoms with Gasteiger partial charge in [-0.25, -0.2) is 0 Å². The Hall–Kier alpha value is -1.39. The van der Waals surface area contributed by atoms with E-state index in [1.807, 2.05) is 0 Å². The van der Waals surface area contributed by atoms with Crippen molar-refractivity contribution in [1.82, 2.24) is 5.32 Å². The first-order valence-electron chi connectivity index (χ1n) is 8.56. The molecule has 2 N–H and O–H groups in total. The molecule has 0 aliphatic heterocycles. The minimum absolute atomic E-state index is 0.0868. The fourth-order valence-electron chi connectivity index (χ4n) is 2.27. The van der Waals surface area contributed by atoms with Crippen LogP contribution in [0.4, 0.5) is 0 Å². The summed E-state index contributed by atoms with van der Waals surface area (Å²) in [6.07, 6.45) is 11.8. The number of rotatable bonds is 15. The van der Waals surface area contributed by atoms with Crippen LogP contribution in [0.15, 0.2) is 0 Å². The fraction of sp³-hybridized carbons (Fsp3) is 0.824. The third-order valence-corrected chi connectivity index (χ3v) is 3.63. The summed E-state index contributed by atoms with van der Waals surface area (Å²) in [5.41, 5.74) is 0. The van der Waals surface area contributed by atoms with Gasteiger partial charge in [0.25, 0.3) is 0 Å². The summed E-state index contributed by atoms with van der Waals surface area (Å²) in [7, 11) is 0. The first-order chi connectivity index (χ1) is 10.6. The van der Waals surface area contributed by atoms with E-state index in [1.54, 1.807) is 0 Å². The van der Waals surface area contributed by atoms with Gasteiger partial charge in [-0.15, -0.1) is 0 Å². The highest BCUT2D eigenvalue weighted by molar-refractivity contribution is 5.86. The Morgan fingerprint density at radius 1 is 0.773 bits per heavy atom. The number of hydrogen-bond donors (Lipinski definition) is 2. The van der Waals surface area contributed by atoms with E-state index in [4.69, 9.17) is 5.11 Å². The number of carbonyl (C=O) groups excluding carboxylic acids is 2. The molecule has 0 aliphatic rings. The van der Waals surface area contributed by atoms with Crippen LogP contribution in [-0.2, 0) is 14.4 Å². The molecule has 0 rings (SSSR count). The van der Waals surface area contributed by atoms with Crippen molar-refractivity contribution in [2.24, 2.45) is 0 Å². The second kappa shape index (κ2) is 14.5. The molecule has 1 amide bonds. The maximum absolute atomic E-state index is 11.6. The topological polar surface area (TPSA) is 83.5 Å². The summed E-state index contributed by atoms with van der Waals surface area (Å²) in [4.78, 5) is 33.1. The number of carboxylic acid groups (broad SMARTS) is 1. The number of nitrogens with one attached hydrogen (secondary N) is 1. The minimum atomic E-state index is -1.07. The molecular formula is C17H31NO4. The zero-order valence-corrected chi connectivity index (χ0v) is 13.9. The number of aliphatic carboxylic acids is 1. The lowest BCUT2D eigenvalue weighted by Gasteiger charge is -2.03. The van der Waals surface area contributed by atoms with Gasteiger partial charge in [-0.3, -0.25) is 14.4 Å². The van der Waals surface area contributed by atoms with Gasteiger partial charge in [-0.2, -0.15) is 0 Å². The van der Waals surface area contributed by atoms with Gasteiger partial charge in [0.1, 0.15) is 12.3 Å².